The molecule has 0 saturated carbocycles. The summed E-state index contributed by atoms with van der Waals surface area (Å²) in [6.07, 6.45) is 0. The molecule has 0 aliphatic heterocycles. The molecule has 2 amide bonds. The first-order valence-electron chi connectivity index (χ1n) is 9.72. The third-order valence-electron chi connectivity index (χ3n) is 4.38. The number of hydrazine groups is 1. The van der Waals surface area contributed by atoms with Gasteiger partial charge in [0, 0.05) is 24.3 Å². The van der Waals surface area contributed by atoms with Crippen LogP contribution in [0.15, 0.2) is 48.5 Å². The van der Waals surface area contributed by atoms with Crippen molar-refractivity contribution < 1.29 is 23.9 Å². The topological polar surface area (TPSA) is 97.0 Å². The lowest BCUT2D eigenvalue weighted by molar-refractivity contribution is -0.150. The van der Waals surface area contributed by atoms with E-state index in [1.54, 1.807) is 24.3 Å². The first-order valence-corrected chi connectivity index (χ1v) is 9.72. The van der Waals surface area contributed by atoms with E-state index in [0.717, 1.165) is 24.3 Å². The predicted octanol–water partition coefficient (Wildman–Crippen LogP) is 2.22. The largest absolute Gasteiger partial charge is 0.482 e. The van der Waals surface area contributed by atoms with Crippen molar-refractivity contribution in [2.45, 2.75) is 20.8 Å². The van der Waals surface area contributed by atoms with Crippen LogP contribution in [0.5, 0.6) is 5.75 Å². The summed E-state index contributed by atoms with van der Waals surface area (Å²) in [6.45, 7) is 6.86. The van der Waals surface area contributed by atoms with Gasteiger partial charge in [-0.1, -0.05) is 18.2 Å². The number of ether oxygens (including phenoxy) is 2. The Morgan fingerprint density at radius 1 is 0.900 bits per heavy atom. The molecule has 2 N–H and O–H groups in total. The molecule has 30 heavy (non-hydrogen) atoms. The Hall–Kier alpha value is -3.55. The van der Waals surface area contributed by atoms with Crippen molar-refractivity contribution in [1.82, 2.24) is 10.9 Å². The van der Waals surface area contributed by atoms with Gasteiger partial charge in [0.25, 0.3) is 11.8 Å². The number of amides is 2. The summed E-state index contributed by atoms with van der Waals surface area (Å²) in [5.41, 5.74) is 6.80. The SMILES string of the molecule is CCN(CC)c1ccc(C(=O)NNC(=O)COC(=O)COc2ccccc2C)cc1. The van der Waals surface area contributed by atoms with Crippen LogP contribution in [0.25, 0.3) is 0 Å². The number of nitrogens with zero attached hydrogens (tertiary/aromatic N) is 1. The molecule has 0 heterocycles. The number of aryl methyl sites for hydroxylation is 1. The molecular weight excluding hydrogens is 386 g/mol. The minimum Gasteiger partial charge on any atom is -0.482 e. The van der Waals surface area contributed by atoms with Gasteiger partial charge < -0.3 is 14.4 Å². The van der Waals surface area contributed by atoms with Crippen LogP contribution >= 0.6 is 0 Å². The summed E-state index contributed by atoms with van der Waals surface area (Å²) in [5, 5.41) is 0. The van der Waals surface area contributed by atoms with E-state index in [1.165, 1.54) is 0 Å². The Kier molecular flexibility index (Phi) is 8.68. The second-order valence-electron chi connectivity index (χ2n) is 6.44. The van der Waals surface area contributed by atoms with Gasteiger partial charge >= 0.3 is 5.97 Å². The Bertz CT molecular complexity index is 863. The fraction of sp³-hybridized carbons (Fsp3) is 0.318. The van der Waals surface area contributed by atoms with E-state index in [2.05, 4.69) is 29.6 Å². The molecule has 0 aromatic heterocycles. The van der Waals surface area contributed by atoms with E-state index in [0.29, 0.717) is 11.3 Å². The maximum Gasteiger partial charge on any atom is 0.344 e. The smallest absolute Gasteiger partial charge is 0.344 e. The fourth-order valence-corrected chi connectivity index (χ4v) is 2.69. The summed E-state index contributed by atoms with van der Waals surface area (Å²) in [5.74, 6) is -1.25. The van der Waals surface area contributed by atoms with Crippen LogP contribution in [0.4, 0.5) is 5.69 Å². The zero-order chi connectivity index (χ0) is 21.9. The quantitative estimate of drug-likeness (QED) is 0.483. The van der Waals surface area contributed by atoms with Crippen molar-refractivity contribution >= 4 is 23.5 Å². The number of rotatable bonds is 9. The summed E-state index contributed by atoms with van der Waals surface area (Å²) >= 11 is 0. The number of anilines is 1. The number of carbonyl (C=O) groups excluding carboxylic acids is 3. The van der Waals surface area contributed by atoms with Crippen molar-refractivity contribution in [2.75, 3.05) is 31.2 Å². The van der Waals surface area contributed by atoms with Gasteiger partial charge in [-0.05, 0) is 56.7 Å². The fourth-order valence-electron chi connectivity index (χ4n) is 2.69. The Morgan fingerprint density at radius 3 is 2.20 bits per heavy atom. The van der Waals surface area contributed by atoms with Gasteiger partial charge in [0.2, 0.25) is 0 Å². The highest BCUT2D eigenvalue weighted by Gasteiger charge is 2.11. The van der Waals surface area contributed by atoms with Crippen LogP contribution in [-0.4, -0.2) is 44.1 Å². The van der Waals surface area contributed by atoms with E-state index < -0.39 is 24.4 Å². The van der Waals surface area contributed by atoms with Crippen molar-refractivity contribution in [3.63, 3.8) is 0 Å². The molecule has 2 rings (SSSR count). The number of esters is 1. The summed E-state index contributed by atoms with van der Waals surface area (Å²) in [6, 6.07) is 14.3. The molecular formula is C22H27N3O5. The zero-order valence-electron chi connectivity index (χ0n) is 17.4. The predicted molar refractivity (Wildman–Crippen MR) is 113 cm³/mol. The summed E-state index contributed by atoms with van der Waals surface area (Å²) in [4.78, 5) is 37.8. The van der Waals surface area contributed by atoms with E-state index in [9.17, 15) is 14.4 Å². The lowest BCUT2D eigenvalue weighted by Crippen LogP contribution is -2.43. The van der Waals surface area contributed by atoms with Crippen molar-refractivity contribution in [2.24, 2.45) is 0 Å². The van der Waals surface area contributed by atoms with Gasteiger partial charge in [-0.15, -0.1) is 0 Å². The van der Waals surface area contributed by atoms with E-state index in [1.807, 2.05) is 31.2 Å². The zero-order valence-corrected chi connectivity index (χ0v) is 17.4. The third kappa shape index (κ3) is 6.80. The maximum atomic E-state index is 12.1. The molecule has 0 bridgehead atoms. The van der Waals surface area contributed by atoms with E-state index in [4.69, 9.17) is 9.47 Å². The van der Waals surface area contributed by atoms with Crippen molar-refractivity contribution in [1.29, 1.82) is 0 Å². The van der Waals surface area contributed by atoms with Gasteiger partial charge in [0.05, 0.1) is 0 Å². The van der Waals surface area contributed by atoms with Crippen molar-refractivity contribution in [3.05, 3.63) is 59.7 Å². The van der Waals surface area contributed by atoms with Crippen LogP contribution in [0.3, 0.4) is 0 Å². The second-order valence-corrected chi connectivity index (χ2v) is 6.44. The third-order valence-corrected chi connectivity index (χ3v) is 4.38. The van der Waals surface area contributed by atoms with Crippen LogP contribution < -0.4 is 20.5 Å². The van der Waals surface area contributed by atoms with Crippen LogP contribution in [-0.2, 0) is 14.3 Å². The molecule has 8 heteroatoms. The molecule has 0 aliphatic carbocycles. The standard InChI is InChI=1S/C22H27N3O5/c1-4-25(5-2)18-12-10-17(11-13-18)22(28)24-23-20(26)14-30-21(27)15-29-19-9-7-6-8-16(19)3/h6-13H,4-5,14-15H2,1-3H3,(H,23,26)(H,24,28). The molecule has 0 atom stereocenters. The molecule has 8 nitrogen and oxygen atoms in total. The first-order chi connectivity index (χ1) is 14.4. The molecule has 0 spiro atoms. The normalized spacial score (nSPS) is 10.1. The minimum absolute atomic E-state index is 0.316. The summed E-state index contributed by atoms with van der Waals surface area (Å²) < 4.78 is 10.2. The lowest BCUT2D eigenvalue weighted by atomic mass is 10.2. The molecule has 0 radical (unpaired) electrons. The highest BCUT2D eigenvalue weighted by Crippen LogP contribution is 2.16. The second kappa shape index (κ2) is 11.5. The van der Waals surface area contributed by atoms with Crippen LogP contribution in [0.1, 0.15) is 29.8 Å². The number of para-hydroxylation sites is 1. The molecule has 0 aliphatic rings. The lowest BCUT2D eigenvalue weighted by Gasteiger charge is -2.21. The van der Waals surface area contributed by atoms with Crippen LogP contribution in [0.2, 0.25) is 0 Å². The number of hydrogen-bond acceptors (Lipinski definition) is 6. The van der Waals surface area contributed by atoms with Gasteiger partial charge in [-0.3, -0.25) is 20.4 Å². The average Bonchev–Trinajstić information content (AvgIpc) is 2.76. The van der Waals surface area contributed by atoms with Gasteiger partial charge in [0.1, 0.15) is 5.75 Å². The highest BCUT2D eigenvalue weighted by atomic mass is 16.6. The maximum absolute atomic E-state index is 12.1. The number of carbonyl (C=O) groups is 3. The Morgan fingerprint density at radius 2 is 1.57 bits per heavy atom. The molecule has 0 fully saturated rings. The monoisotopic (exact) mass is 413 g/mol. The molecule has 0 unspecified atom stereocenters. The molecule has 2 aromatic rings. The Labute approximate surface area is 176 Å². The number of nitrogens with one attached hydrogen (secondary N) is 2. The average molecular weight is 413 g/mol. The first kappa shape index (κ1) is 22.7. The van der Waals surface area contributed by atoms with Crippen LogP contribution in [0, 0.1) is 6.92 Å². The van der Waals surface area contributed by atoms with Gasteiger partial charge in [-0.2, -0.15) is 0 Å². The Balaban J connectivity index is 1.71. The molecule has 2 aromatic carbocycles. The molecule has 160 valence electrons. The highest BCUT2D eigenvalue weighted by molar-refractivity contribution is 5.95. The number of hydrogen-bond donors (Lipinski definition) is 2. The van der Waals surface area contributed by atoms with Crippen molar-refractivity contribution in [3.8, 4) is 5.75 Å². The van der Waals surface area contributed by atoms with E-state index >= 15 is 0 Å². The minimum atomic E-state index is -0.688. The van der Waals surface area contributed by atoms with Gasteiger partial charge in [-0.25, -0.2) is 4.79 Å². The molecule has 0 saturated heterocycles. The van der Waals surface area contributed by atoms with E-state index in [-0.39, 0.29) is 6.61 Å². The number of benzene rings is 2. The summed E-state index contributed by atoms with van der Waals surface area (Å²) in [7, 11) is 0. The van der Waals surface area contributed by atoms with Gasteiger partial charge in [0.15, 0.2) is 13.2 Å².